The molecular formula is C26H17BBr2. The Morgan fingerprint density at radius 1 is 0.414 bits per heavy atom. The number of hydrogen-bond acceptors (Lipinski definition) is 0. The van der Waals surface area contributed by atoms with E-state index in [1.54, 1.807) is 0 Å². The van der Waals surface area contributed by atoms with Crippen molar-refractivity contribution in [2.75, 3.05) is 0 Å². The third-order valence-electron chi connectivity index (χ3n) is 5.48. The van der Waals surface area contributed by atoms with E-state index in [4.69, 9.17) is 0 Å². The molecular weight excluding hydrogens is 483 g/mol. The highest BCUT2D eigenvalue weighted by Gasteiger charge is 2.21. The van der Waals surface area contributed by atoms with Gasteiger partial charge in [0.15, 0.2) is 0 Å². The molecule has 0 N–H and O–H groups in total. The topological polar surface area (TPSA) is 0 Å². The van der Waals surface area contributed by atoms with Gasteiger partial charge in [0.25, 0.3) is 0 Å². The number of benzene rings is 5. The van der Waals surface area contributed by atoms with Gasteiger partial charge < -0.3 is 0 Å². The average molecular weight is 500 g/mol. The van der Waals surface area contributed by atoms with E-state index < -0.39 is 0 Å². The highest BCUT2D eigenvalue weighted by Crippen LogP contribution is 2.34. The molecule has 0 atom stereocenters. The summed E-state index contributed by atoms with van der Waals surface area (Å²) in [4.78, 5) is 0. The van der Waals surface area contributed by atoms with Gasteiger partial charge in [-0.2, -0.15) is 0 Å². The largest absolute Gasteiger partial charge is 0.330 e. The summed E-state index contributed by atoms with van der Waals surface area (Å²) in [5.74, 6) is 0. The third kappa shape index (κ3) is 3.33. The fraction of sp³-hybridized carbons (Fsp3) is 0. The summed E-state index contributed by atoms with van der Waals surface area (Å²) in [7, 11) is 0. The smallest absolute Gasteiger partial charge is 0.132 e. The zero-order valence-electron chi connectivity index (χ0n) is 15.6. The van der Waals surface area contributed by atoms with Crippen LogP contribution in [0.25, 0.3) is 43.8 Å². The molecule has 0 spiro atoms. The highest BCUT2D eigenvalue weighted by molar-refractivity contribution is 9.49. The molecule has 0 aliphatic rings. The van der Waals surface area contributed by atoms with Gasteiger partial charge in [0, 0.05) is 0 Å². The van der Waals surface area contributed by atoms with Crippen LogP contribution in [0.2, 0.25) is 0 Å². The van der Waals surface area contributed by atoms with Gasteiger partial charge in [-0.15, -0.1) is 31.5 Å². The minimum atomic E-state index is 0.0409. The fourth-order valence-electron chi connectivity index (χ4n) is 4.19. The van der Waals surface area contributed by atoms with Crippen LogP contribution in [0.4, 0.5) is 0 Å². The van der Waals surface area contributed by atoms with E-state index in [-0.39, 0.29) is 4.36 Å². The Labute approximate surface area is 187 Å². The second kappa shape index (κ2) is 7.81. The van der Waals surface area contributed by atoms with Crippen LogP contribution >= 0.6 is 31.5 Å². The number of halogens is 2. The van der Waals surface area contributed by atoms with Crippen molar-refractivity contribution < 1.29 is 0 Å². The van der Waals surface area contributed by atoms with E-state index in [1.165, 1.54) is 49.3 Å². The van der Waals surface area contributed by atoms with Crippen molar-refractivity contribution in [1.82, 2.24) is 0 Å². The molecule has 0 amide bonds. The zero-order chi connectivity index (χ0) is 19.8. The molecule has 3 heteroatoms. The molecule has 0 heterocycles. The van der Waals surface area contributed by atoms with Gasteiger partial charge in [0.1, 0.15) is 0 Å². The second-order valence-electron chi connectivity index (χ2n) is 7.12. The molecule has 0 saturated carbocycles. The van der Waals surface area contributed by atoms with Crippen molar-refractivity contribution in [2.45, 2.75) is 0 Å². The minimum Gasteiger partial charge on any atom is -0.132 e. The Hall–Kier alpha value is -2.36. The standard InChI is InChI=1S/C26H17BBr2/c28-27(29)26-24(22-14-5-10-18-8-1-3-12-20(18)22)16-7-17-25(26)23-15-6-11-19-9-2-4-13-21(19)23/h1-17H. The van der Waals surface area contributed by atoms with E-state index in [2.05, 4.69) is 135 Å². The SMILES string of the molecule is BrB(Br)c1c(-c2cccc3ccccc23)cccc1-c1cccc2ccccc12. The van der Waals surface area contributed by atoms with Crippen molar-refractivity contribution in [2.24, 2.45) is 0 Å². The minimum absolute atomic E-state index is 0.0409. The molecule has 0 unspecified atom stereocenters. The molecule has 0 aliphatic carbocycles. The van der Waals surface area contributed by atoms with Crippen LogP contribution in [0.15, 0.2) is 103 Å². The Balaban J connectivity index is 1.84. The van der Waals surface area contributed by atoms with E-state index in [1.807, 2.05) is 0 Å². The molecule has 5 aromatic rings. The maximum atomic E-state index is 3.82. The molecule has 0 fully saturated rings. The summed E-state index contributed by atoms with van der Waals surface area (Å²) in [6, 6.07) is 36.9. The molecule has 0 bridgehead atoms. The summed E-state index contributed by atoms with van der Waals surface area (Å²) in [6.07, 6.45) is 0. The maximum absolute atomic E-state index is 3.82. The predicted octanol–water partition coefficient (Wildman–Crippen LogP) is 7.81. The summed E-state index contributed by atoms with van der Waals surface area (Å²) in [5, 5.41) is 5.05. The van der Waals surface area contributed by atoms with Crippen molar-refractivity contribution in [3.63, 3.8) is 0 Å². The number of fused-ring (bicyclic) bond motifs is 2. The molecule has 0 aliphatic heterocycles. The van der Waals surface area contributed by atoms with Gasteiger partial charge in [-0.25, -0.2) is 0 Å². The van der Waals surface area contributed by atoms with Crippen molar-refractivity contribution in [1.29, 1.82) is 0 Å². The quantitative estimate of drug-likeness (QED) is 0.222. The lowest BCUT2D eigenvalue weighted by atomic mass is 9.78. The summed E-state index contributed by atoms with van der Waals surface area (Å²) in [6.45, 7) is 0. The lowest BCUT2D eigenvalue weighted by Gasteiger charge is -2.18. The lowest BCUT2D eigenvalue weighted by molar-refractivity contribution is 1.65. The van der Waals surface area contributed by atoms with Gasteiger partial charge >= 0.3 is 4.36 Å². The maximum Gasteiger partial charge on any atom is 0.330 e. The van der Waals surface area contributed by atoms with Crippen LogP contribution < -0.4 is 5.46 Å². The van der Waals surface area contributed by atoms with E-state index in [0.29, 0.717) is 0 Å². The van der Waals surface area contributed by atoms with Gasteiger partial charge in [0.2, 0.25) is 0 Å². The predicted molar refractivity (Wildman–Crippen MR) is 136 cm³/mol. The van der Waals surface area contributed by atoms with Crippen LogP contribution in [0.5, 0.6) is 0 Å². The molecule has 0 nitrogen and oxygen atoms in total. The average Bonchev–Trinajstić information content (AvgIpc) is 2.77. The molecule has 5 aromatic carbocycles. The molecule has 138 valence electrons. The van der Waals surface area contributed by atoms with Crippen molar-refractivity contribution in [3.05, 3.63) is 103 Å². The van der Waals surface area contributed by atoms with Gasteiger partial charge in [-0.05, 0) is 49.3 Å². The number of rotatable bonds is 3. The van der Waals surface area contributed by atoms with Crippen molar-refractivity contribution >= 4 is 62.9 Å². The summed E-state index contributed by atoms with van der Waals surface area (Å²) in [5.41, 5.74) is 6.24. The Morgan fingerprint density at radius 3 is 1.28 bits per heavy atom. The van der Waals surface area contributed by atoms with E-state index in [0.717, 1.165) is 0 Å². The van der Waals surface area contributed by atoms with Crippen LogP contribution in [-0.2, 0) is 0 Å². The first-order valence-corrected chi connectivity index (χ1v) is 11.4. The first-order valence-electron chi connectivity index (χ1n) is 9.61. The second-order valence-corrected chi connectivity index (χ2v) is 10.2. The molecule has 0 saturated heterocycles. The Morgan fingerprint density at radius 2 is 0.793 bits per heavy atom. The molecule has 0 aromatic heterocycles. The van der Waals surface area contributed by atoms with Crippen LogP contribution in [0.1, 0.15) is 0 Å². The van der Waals surface area contributed by atoms with Gasteiger partial charge in [-0.1, -0.05) is 103 Å². The van der Waals surface area contributed by atoms with Crippen molar-refractivity contribution in [3.8, 4) is 22.3 Å². The Kier molecular flexibility index (Phi) is 5.03. The van der Waals surface area contributed by atoms with Crippen LogP contribution in [0.3, 0.4) is 0 Å². The van der Waals surface area contributed by atoms with Gasteiger partial charge in [-0.3, -0.25) is 0 Å². The van der Waals surface area contributed by atoms with E-state index >= 15 is 0 Å². The summed E-state index contributed by atoms with van der Waals surface area (Å²) >= 11 is 7.65. The molecule has 0 radical (unpaired) electrons. The monoisotopic (exact) mass is 498 g/mol. The van der Waals surface area contributed by atoms with Gasteiger partial charge in [0.05, 0.1) is 0 Å². The van der Waals surface area contributed by atoms with Crippen LogP contribution in [0, 0.1) is 0 Å². The zero-order valence-corrected chi connectivity index (χ0v) is 18.8. The highest BCUT2D eigenvalue weighted by atomic mass is 79.9. The lowest BCUT2D eigenvalue weighted by Crippen LogP contribution is -2.23. The normalized spacial score (nSPS) is 11.1. The number of hydrogen-bond donors (Lipinski definition) is 0. The first kappa shape index (κ1) is 18.7. The molecule has 5 rings (SSSR count). The Bertz CT molecular complexity index is 1230. The summed E-state index contributed by atoms with van der Waals surface area (Å²) < 4.78 is 0.0409. The van der Waals surface area contributed by atoms with Crippen LogP contribution in [-0.4, -0.2) is 4.36 Å². The fourth-order valence-corrected chi connectivity index (χ4v) is 5.18. The first-order chi connectivity index (χ1) is 14.2. The van der Waals surface area contributed by atoms with E-state index in [9.17, 15) is 0 Å². The third-order valence-corrected chi connectivity index (χ3v) is 6.40. The molecule has 29 heavy (non-hydrogen) atoms.